The predicted octanol–water partition coefficient (Wildman–Crippen LogP) is 4.54. The first-order valence-electron chi connectivity index (χ1n) is 9.53. The summed E-state index contributed by atoms with van der Waals surface area (Å²) in [6.07, 6.45) is 4.47. The van der Waals surface area contributed by atoms with E-state index >= 15 is 0 Å². The maximum atomic E-state index is 13.0. The van der Waals surface area contributed by atoms with Gasteiger partial charge in [0.2, 0.25) is 5.91 Å². The lowest BCUT2D eigenvalue weighted by Gasteiger charge is -2.34. The van der Waals surface area contributed by atoms with E-state index in [0.29, 0.717) is 23.7 Å². The number of nitrogens with zero attached hydrogens (tertiary/aromatic N) is 1. The third-order valence-corrected chi connectivity index (χ3v) is 5.76. The summed E-state index contributed by atoms with van der Waals surface area (Å²) in [7, 11) is 0. The number of anilines is 2. The van der Waals surface area contributed by atoms with Crippen LogP contribution in [0.2, 0.25) is 0 Å². The lowest BCUT2D eigenvalue weighted by Crippen LogP contribution is -2.49. The second kappa shape index (κ2) is 7.70. The molecule has 0 spiro atoms. The van der Waals surface area contributed by atoms with Gasteiger partial charge in [0.1, 0.15) is 11.6 Å². The molecule has 3 N–H and O–H groups in total. The lowest BCUT2D eigenvalue weighted by molar-refractivity contribution is -0.120. The Bertz CT molecular complexity index is 732. The molecule has 6 nitrogen and oxygen atoms in total. The van der Waals surface area contributed by atoms with Crippen molar-refractivity contribution in [3.05, 3.63) is 22.7 Å². The number of ether oxygens (including phenoxy) is 1. The standard InChI is InChI=1S/C20H28BrN3O3/c1-20(2,3)27-19(26)24-16-7-5-4-6-12(16)10-17(24)18(25)23-15-9-8-13(21)11-14(15)22/h8-9,11-12,16-17H,4-7,10,22H2,1-3H3,(H,23,25). The summed E-state index contributed by atoms with van der Waals surface area (Å²) in [4.78, 5) is 27.6. The van der Waals surface area contributed by atoms with E-state index in [1.807, 2.05) is 26.8 Å². The molecule has 3 atom stereocenters. The summed E-state index contributed by atoms with van der Waals surface area (Å²) < 4.78 is 6.46. The molecular formula is C20H28BrN3O3. The van der Waals surface area contributed by atoms with E-state index in [2.05, 4.69) is 21.2 Å². The number of fused-ring (bicyclic) bond motifs is 1. The molecule has 2 amide bonds. The van der Waals surface area contributed by atoms with Gasteiger partial charge in [-0.1, -0.05) is 28.8 Å². The Morgan fingerprint density at radius 2 is 1.96 bits per heavy atom. The zero-order valence-electron chi connectivity index (χ0n) is 16.1. The van der Waals surface area contributed by atoms with Crippen molar-refractivity contribution in [1.82, 2.24) is 4.90 Å². The first kappa shape index (κ1) is 20.0. The number of hydrogen-bond acceptors (Lipinski definition) is 4. The van der Waals surface area contributed by atoms with E-state index in [-0.39, 0.29) is 11.9 Å². The van der Waals surface area contributed by atoms with Gasteiger partial charge in [0.15, 0.2) is 0 Å². The minimum atomic E-state index is -0.596. The number of nitrogens with one attached hydrogen (secondary N) is 1. The third kappa shape index (κ3) is 4.57. The van der Waals surface area contributed by atoms with Crippen molar-refractivity contribution in [2.45, 2.75) is 70.6 Å². The fraction of sp³-hybridized carbons (Fsp3) is 0.600. The first-order chi connectivity index (χ1) is 12.7. The van der Waals surface area contributed by atoms with Crippen molar-refractivity contribution in [2.24, 2.45) is 5.92 Å². The lowest BCUT2D eigenvalue weighted by atomic mass is 9.85. The number of hydrogen-bond donors (Lipinski definition) is 2. The Balaban J connectivity index is 1.81. The number of likely N-dealkylation sites (tertiary alicyclic amines) is 1. The topological polar surface area (TPSA) is 84.7 Å². The number of carbonyl (C=O) groups excluding carboxylic acids is 2. The van der Waals surface area contributed by atoms with Crippen molar-refractivity contribution >= 4 is 39.3 Å². The Morgan fingerprint density at radius 1 is 1.26 bits per heavy atom. The molecule has 0 bridgehead atoms. The van der Waals surface area contributed by atoms with E-state index in [1.54, 1.807) is 17.0 Å². The van der Waals surface area contributed by atoms with Gasteiger partial charge in [0.25, 0.3) is 0 Å². The molecule has 27 heavy (non-hydrogen) atoms. The van der Waals surface area contributed by atoms with Crippen LogP contribution in [0.3, 0.4) is 0 Å². The third-order valence-electron chi connectivity index (χ3n) is 5.27. The summed E-state index contributed by atoms with van der Waals surface area (Å²) in [6.45, 7) is 5.53. The van der Waals surface area contributed by atoms with Gasteiger partial charge in [-0.3, -0.25) is 9.69 Å². The van der Waals surface area contributed by atoms with Crippen LogP contribution in [0.5, 0.6) is 0 Å². The van der Waals surface area contributed by atoms with Gasteiger partial charge in [0, 0.05) is 10.5 Å². The SMILES string of the molecule is CC(C)(C)OC(=O)N1C(C(=O)Nc2ccc(Br)cc2N)CC2CCCCC21. The molecule has 0 radical (unpaired) electrons. The molecule has 3 rings (SSSR count). The molecule has 1 heterocycles. The highest BCUT2D eigenvalue weighted by Crippen LogP contribution is 2.41. The zero-order valence-corrected chi connectivity index (χ0v) is 17.7. The number of benzene rings is 1. The fourth-order valence-corrected chi connectivity index (χ4v) is 4.51. The fourth-order valence-electron chi connectivity index (χ4n) is 4.13. The van der Waals surface area contributed by atoms with E-state index < -0.39 is 17.7 Å². The monoisotopic (exact) mass is 437 g/mol. The predicted molar refractivity (Wildman–Crippen MR) is 109 cm³/mol. The number of rotatable bonds is 2. The Morgan fingerprint density at radius 3 is 2.63 bits per heavy atom. The second-order valence-electron chi connectivity index (χ2n) is 8.47. The molecule has 2 aliphatic rings. The van der Waals surface area contributed by atoms with Crippen molar-refractivity contribution in [3.8, 4) is 0 Å². The van der Waals surface area contributed by atoms with E-state index in [1.165, 1.54) is 0 Å². The van der Waals surface area contributed by atoms with Gasteiger partial charge >= 0.3 is 6.09 Å². The molecule has 3 unspecified atom stereocenters. The van der Waals surface area contributed by atoms with Crippen LogP contribution in [0.25, 0.3) is 0 Å². The van der Waals surface area contributed by atoms with Crippen LogP contribution in [0.15, 0.2) is 22.7 Å². The second-order valence-corrected chi connectivity index (χ2v) is 9.39. The maximum Gasteiger partial charge on any atom is 0.411 e. The van der Waals surface area contributed by atoms with Gasteiger partial charge in [-0.2, -0.15) is 0 Å². The molecule has 1 aromatic rings. The van der Waals surface area contributed by atoms with Gasteiger partial charge in [-0.25, -0.2) is 4.79 Å². The Hall–Kier alpha value is -1.76. The van der Waals surface area contributed by atoms with Crippen LogP contribution < -0.4 is 11.1 Å². The highest BCUT2D eigenvalue weighted by atomic mass is 79.9. The average molecular weight is 438 g/mol. The van der Waals surface area contributed by atoms with E-state index in [0.717, 1.165) is 30.2 Å². The molecule has 1 saturated carbocycles. The maximum absolute atomic E-state index is 13.0. The molecule has 1 aliphatic carbocycles. The first-order valence-corrected chi connectivity index (χ1v) is 10.3. The van der Waals surface area contributed by atoms with Gasteiger partial charge in [0.05, 0.1) is 11.4 Å². The van der Waals surface area contributed by atoms with Crippen molar-refractivity contribution < 1.29 is 14.3 Å². The number of halogens is 1. The quantitative estimate of drug-likeness (QED) is 0.665. The van der Waals surface area contributed by atoms with Crippen LogP contribution in [-0.2, 0) is 9.53 Å². The molecule has 0 aromatic heterocycles. The minimum Gasteiger partial charge on any atom is -0.444 e. The van der Waals surface area contributed by atoms with Crippen LogP contribution in [0, 0.1) is 5.92 Å². The molecule has 1 aliphatic heterocycles. The summed E-state index contributed by atoms with van der Waals surface area (Å²) >= 11 is 3.36. The summed E-state index contributed by atoms with van der Waals surface area (Å²) in [5.74, 6) is 0.147. The van der Waals surface area contributed by atoms with Crippen LogP contribution in [0.4, 0.5) is 16.2 Å². The normalized spacial score (nSPS) is 25.0. The van der Waals surface area contributed by atoms with Gasteiger partial charge in [-0.05, 0) is 64.2 Å². The molecule has 2 fully saturated rings. The highest BCUT2D eigenvalue weighted by molar-refractivity contribution is 9.10. The number of nitrogen functional groups attached to an aromatic ring is 1. The molecular weight excluding hydrogens is 410 g/mol. The molecule has 148 valence electrons. The molecule has 1 aromatic carbocycles. The summed E-state index contributed by atoms with van der Waals surface area (Å²) in [5.41, 5.74) is 6.46. The van der Waals surface area contributed by atoms with Crippen LogP contribution in [0.1, 0.15) is 52.9 Å². The zero-order chi connectivity index (χ0) is 19.8. The van der Waals surface area contributed by atoms with Crippen LogP contribution in [-0.4, -0.2) is 34.6 Å². The van der Waals surface area contributed by atoms with Crippen molar-refractivity contribution in [3.63, 3.8) is 0 Å². The van der Waals surface area contributed by atoms with Crippen LogP contribution >= 0.6 is 15.9 Å². The van der Waals surface area contributed by atoms with Gasteiger partial charge < -0.3 is 15.8 Å². The summed E-state index contributed by atoms with van der Waals surface area (Å²) in [5, 5.41) is 2.90. The molecule has 1 saturated heterocycles. The van der Waals surface area contributed by atoms with Crippen molar-refractivity contribution in [1.29, 1.82) is 0 Å². The largest absolute Gasteiger partial charge is 0.444 e. The minimum absolute atomic E-state index is 0.0756. The number of amides is 2. The number of nitrogens with two attached hydrogens (primary N) is 1. The van der Waals surface area contributed by atoms with E-state index in [4.69, 9.17) is 10.5 Å². The van der Waals surface area contributed by atoms with E-state index in [9.17, 15) is 9.59 Å². The molecule has 7 heteroatoms. The number of carbonyl (C=O) groups is 2. The summed E-state index contributed by atoms with van der Waals surface area (Å²) in [6, 6.07) is 4.88. The Labute approximate surface area is 168 Å². The smallest absolute Gasteiger partial charge is 0.411 e. The van der Waals surface area contributed by atoms with Gasteiger partial charge in [-0.15, -0.1) is 0 Å². The highest BCUT2D eigenvalue weighted by Gasteiger charge is 2.48. The van der Waals surface area contributed by atoms with Crippen molar-refractivity contribution in [2.75, 3.05) is 11.1 Å². The Kier molecular flexibility index (Phi) is 5.70. The average Bonchev–Trinajstić information content (AvgIpc) is 2.95.